The molecule has 57 heavy (non-hydrogen) atoms. The summed E-state index contributed by atoms with van der Waals surface area (Å²) in [7, 11) is 1.69. The molecular formula is C50H66O7. The molecule has 7 rings (SSSR count). The third-order valence-corrected chi connectivity index (χ3v) is 14.6. The van der Waals surface area contributed by atoms with E-state index in [4.69, 9.17) is 14.2 Å². The Kier molecular flexibility index (Phi) is 11.5. The lowest BCUT2D eigenvalue weighted by atomic mass is 9.70. The van der Waals surface area contributed by atoms with Gasteiger partial charge in [-0.05, 0) is 148 Å². The predicted octanol–water partition coefficient (Wildman–Crippen LogP) is 11.0. The van der Waals surface area contributed by atoms with Crippen LogP contribution < -0.4 is 9.47 Å². The second-order valence-corrected chi connectivity index (χ2v) is 20.2. The number of hydrogen-bond acceptors (Lipinski definition) is 7. The highest BCUT2D eigenvalue weighted by Gasteiger charge is 2.59. The second kappa shape index (κ2) is 15.8. The first kappa shape index (κ1) is 41.4. The van der Waals surface area contributed by atoms with E-state index in [0.29, 0.717) is 30.6 Å². The van der Waals surface area contributed by atoms with E-state index >= 15 is 0 Å². The number of carbonyl (C=O) groups is 4. The topological polar surface area (TPSA) is 96.0 Å². The van der Waals surface area contributed by atoms with Crippen molar-refractivity contribution in [1.29, 1.82) is 0 Å². The Bertz CT molecular complexity index is 2000. The number of esters is 1. The minimum Gasteiger partial charge on any atom is -0.496 e. The van der Waals surface area contributed by atoms with Gasteiger partial charge in [-0.3, -0.25) is 19.2 Å². The molecular weight excluding hydrogens is 713 g/mol. The van der Waals surface area contributed by atoms with Crippen molar-refractivity contribution in [2.24, 2.45) is 52.3 Å². The lowest BCUT2D eigenvalue weighted by Crippen LogP contribution is -2.39. The maximum atomic E-state index is 15.0. The van der Waals surface area contributed by atoms with Gasteiger partial charge >= 0.3 is 5.97 Å². The molecule has 7 nitrogen and oxygen atoms in total. The van der Waals surface area contributed by atoms with Crippen LogP contribution in [0.5, 0.6) is 11.5 Å². The molecule has 0 amide bonds. The van der Waals surface area contributed by atoms with E-state index in [-0.39, 0.29) is 48.2 Å². The largest absolute Gasteiger partial charge is 0.496 e. The number of aryl methyl sites for hydroxylation is 1. The molecule has 0 bridgehead atoms. The van der Waals surface area contributed by atoms with Gasteiger partial charge in [0.05, 0.1) is 13.5 Å². The summed E-state index contributed by atoms with van der Waals surface area (Å²) in [6.07, 6.45) is 9.45. The first-order chi connectivity index (χ1) is 26.9. The molecule has 0 radical (unpaired) electrons. The predicted molar refractivity (Wildman–Crippen MR) is 225 cm³/mol. The van der Waals surface area contributed by atoms with Crippen LogP contribution in [-0.4, -0.2) is 42.6 Å². The summed E-state index contributed by atoms with van der Waals surface area (Å²) >= 11 is 0. The number of carbonyl (C=O) groups excluding carboxylic acids is 4. The van der Waals surface area contributed by atoms with Crippen LogP contribution in [0.1, 0.15) is 137 Å². The van der Waals surface area contributed by atoms with Crippen LogP contribution >= 0.6 is 0 Å². The molecule has 4 fully saturated rings. The first-order valence-electron chi connectivity index (χ1n) is 21.9. The zero-order chi connectivity index (χ0) is 41.1. The zero-order valence-corrected chi connectivity index (χ0v) is 36.2. The number of rotatable bonds is 16. The van der Waals surface area contributed by atoms with Crippen LogP contribution in [0, 0.1) is 59.2 Å². The van der Waals surface area contributed by atoms with Crippen LogP contribution in [-0.2, 0) is 23.9 Å². The Morgan fingerprint density at radius 3 is 2.21 bits per heavy atom. The number of ketones is 3. The molecule has 0 saturated heterocycles. The highest BCUT2D eigenvalue weighted by molar-refractivity contribution is 5.98. The monoisotopic (exact) mass is 778 g/mol. The summed E-state index contributed by atoms with van der Waals surface area (Å²) in [5, 5.41) is 2.00. The van der Waals surface area contributed by atoms with Crippen molar-refractivity contribution in [2.45, 2.75) is 145 Å². The van der Waals surface area contributed by atoms with Gasteiger partial charge in [0.15, 0.2) is 0 Å². The van der Waals surface area contributed by atoms with E-state index < -0.39 is 34.7 Å². The summed E-state index contributed by atoms with van der Waals surface area (Å²) in [5.41, 5.74) is 4.92. The Labute approximate surface area is 340 Å². The van der Waals surface area contributed by atoms with Crippen molar-refractivity contribution in [3.05, 3.63) is 52.6 Å². The summed E-state index contributed by atoms with van der Waals surface area (Å²) in [5.74, 6) is 1.46. The van der Waals surface area contributed by atoms with Crippen LogP contribution in [0.2, 0.25) is 0 Å². The van der Waals surface area contributed by atoms with Gasteiger partial charge in [-0.25, -0.2) is 0 Å². The first-order valence-corrected chi connectivity index (χ1v) is 21.9. The van der Waals surface area contributed by atoms with Gasteiger partial charge in [0.2, 0.25) is 0 Å². The van der Waals surface area contributed by atoms with Gasteiger partial charge in [0.1, 0.15) is 41.1 Å². The van der Waals surface area contributed by atoms with Gasteiger partial charge in [0, 0.05) is 35.0 Å². The number of ether oxygens (including phenoxy) is 3. The van der Waals surface area contributed by atoms with Crippen LogP contribution in [0.3, 0.4) is 0 Å². The van der Waals surface area contributed by atoms with Crippen molar-refractivity contribution in [1.82, 2.24) is 0 Å². The normalized spacial score (nSPS) is 29.7. The van der Waals surface area contributed by atoms with Crippen molar-refractivity contribution in [3.63, 3.8) is 0 Å². The molecule has 2 aromatic rings. The Morgan fingerprint density at radius 1 is 0.895 bits per heavy atom. The summed E-state index contributed by atoms with van der Waals surface area (Å²) < 4.78 is 18.8. The van der Waals surface area contributed by atoms with Gasteiger partial charge in [-0.1, -0.05) is 65.2 Å². The fourth-order valence-electron chi connectivity index (χ4n) is 11.1. The van der Waals surface area contributed by atoms with Crippen LogP contribution in [0.4, 0.5) is 0 Å². The summed E-state index contributed by atoms with van der Waals surface area (Å²) in [6.45, 7) is 18.5. The number of hydrogen-bond donors (Lipinski definition) is 0. The number of Topliss-reactive ketones (excluding diaryl/α,β-unsaturated/α-hetero) is 3. The smallest absolute Gasteiger partial charge is 0.306 e. The minimum absolute atomic E-state index is 0.000956. The minimum atomic E-state index is -0.635. The molecule has 0 heterocycles. The SMILES string of the molecule is CCC1CC1(CC(=O)C1CC(Oc2cc(C3=C(C)CC(CC(C)C)=C3)cc3c(C)c(OC)ccc23)CC1C(=O)C(CC(=O)OC1CC2CC2C1)C(C)(C)C)C(C)=O. The number of allylic oxidation sites excluding steroid dienone is 4. The molecule has 4 saturated carbocycles. The van der Waals surface area contributed by atoms with Crippen LogP contribution in [0.25, 0.3) is 16.3 Å². The third-order valence-electron chi connectivity index (χ3n) is 14.6. The van der Waals surface area contributed by atoms with Gasteiger partial charge < -0.3 is 14.2 Å². The molecule has 8 atom stereocenters. The quantitative estimate of drug-likeness (QED) is 0.157. The van der Waals surface area contributed by atoms with E-state index in [9.17, 15) is 19.2 Å². The van der Waals surface area contributed by atoms with Gasteiger partial charge in [-0.2, -0.15) is 0 Å². The molecule has 308 valence electrons. The molecule has 0 aliphatic heterocycles. The Balaban J connectivity index is 1.21. The summed E-state index contributed by atoms with van der Waals surface area (Å²) in [6, 6.07) is 8.39. The maximum absolute atomic E-state index is 15.0. The molecule has 2 aromatic carbocycles. The maximum Gasteiger partial charge on any atom is 0.306 e. The van der Waals surface area contributed by atoms with Crippen molar-refractivity contribution in [3.8, 4) is 11.5 Å². The van der Waals surface area contributed by atoms with E-state index in [1.807, 2.05) is 32.9 Å². The average molecular weight is 779 g/mol. The van der Waals surface area contributed by atoms with Gasteiger partial charge in [0.25, 0.3) is 0 Å². The standard InChI is InChI=1S/C50H66O7/c1-11-35-25-50(35,30(6)51)26-44(52)41-22-37(23-42(41)48(54)43(49(7,8)9)24-47(53)57-36-18-32-17-33(32)19-36)56-46-21-34(39-16-31(14-27(2)3)15-28(39)4)20-40-29(5)45(55-10)13-12-38(40)46/h12-13,16,20-21,27,32-33,35-37,41-43H,11,14-15,17-19,22-26H2,1-10H3. The zero-order valence-electron chi connectivity index (χ0n) is 36.2. The molecule has 5 aliphatic carbocycles. The fourth-order valence-corrected chi connectivity index (χ4v) is 11.1. The Morgan fingerprint density at radius 2 is 1.60 bits per heavy atom. The Hall–Kier alpha value is -3.74. The van der Waals surface area contributed by atoms with E-state index in [1.54, 1.807) is 14.0 Å². The number of benzene rings is 2. The number of methoxy groups -OCH3 is 1. The molecule has 0 N–H and O–H groups in total. The molecule has 7 heteroatoms. The molecule has 5 aliphatic rings. The summed E-state index contributed by atoms with van der Waals surface area (Å²) in [4.78, 5) is 56.0. The van der Waals surface area contributed by atoms with E-state index in [1.165, 1.54) is 23.1 Å². The molecule has 0 aromatic heterocycles. The number of fused-ring (bicyclic) bond motifs is 2. The lowest BCUT2D eigenvalue weighted by Gasteiger charge is -2.32. The lowest BCUT2D eigenvalue weighted by molar-refractivity contribution is -0.154. The average Bonchev–Trinajstić information content (AvgIpc) is 3.86. The third kappa shape index (κ3) is 8.41. The van der Waals surface area contributed by atoms with Crippen LogP contribution in [0.15, 0.2) is 41.5 Å². The second-order valence-electron chi connectivity index (χ2n) is 20.2. The van der Waals surface area contributed by atoms with Crippen molar-refractivity contribution >= 4 is 39.7 Å². The fraction of sp³-hybridized carbons (Fsp3) is 0.640. The molecule has 0 spiro atoms. The van der Waals surface area contributed by atoms with Crippen molar-refractivity contribution < 1.29 is 33.4 Å². The molecule has 8 unspecified atom stereocenters. The van der Waals surface area contributed by atoms with Crippen molar-refractivity contribution in [2.75, 3.05) is 7.11 Å². The van der Waals surface area contributed by atoms with E-state index in [0.717, 1.165) is 71.9 Å². The highest BCUT2D eigenvalue weighted by atomic mass is 16.5. The van der Waals surface area contributed by atoms with Gasteiger partial charge in [-0.15, -0.1) is 0 Å². The van der Waals surface area contributed by atoms with E-state index in [2.05, 4.69) is 52.8 Å². The highest BCUT2D eigenvalue weighted by Crippen LogP contribution is 2.59.